The fourth-order valence-electron chi connectivity index (χ4n) is 3.56. The van der Waals surface area contributed by atoms with Crippen molar-refractivity contribution in [1.29, 1.82) is 0 Å². The van der Waals surface area contributed by atoms with Crippen LogP contribution in [-0.4, -0.2) is 54.6 Å². The molecule has 120 valence electrons. The standard InChI is InChI=1S/C17H37N3/c1-6-19(7-2)12-9-13-20(8-3)16-14-17(4,5)11-10-15(16)18/h15-16H,6-14,18H2,1-5H3. The Morgan fingerprint density at radius 1 is 1.05 bits per heavy atom. The molecule has 0 aromatic rings. The molecular formula is C17H37N3. The van der Waals surface area contributed by atoms with Gasteiger partial charge in [0.05, 0.1) is 0 Å². The van der Waals surface area contributed by atoms with E-state index in [0.29, 0.717) is 17.5 Å². The van der Waals surface area contributed by atoms with E-state index in [1.54, 1.807) is 0 Å². The van der Waals surface area contributed by atoms with Gasteiger partial charge in [-0.05, 0) is 63.8 Å². The average molecular weight is 284 g/mol. The van der Waals surface area contributed by atoms with Crippen molar-refractivity contribution in [3.05, 3.63) is 0 Å². The van der Waals surface area contributed by atoms with Crippen LogP contribution in [0.5, 0.6) is 0 Å². The van der Waals surface area contributed by atoms with Crippen molar-refractivity contribution in [2.24, 2.45) is 11.1 Å². The lowest BCUT2D eigenvalue weighted by Crippen LogP contribution is -2.53. The molecule has 2 atom stereocenters. The molecule has 2 unspecified atom stereocenters. The second kappa shape index (κ2) is 8.35. The lowest BCUT2D eigenvalue weighted by Gasteiger charge is -2.44. The maximum atomic E-state index is 6.41. The first-order valence-electron chi connectivity index (χ1n) is 8.65. The molecule has 0 saturated heterocycles. The van der Waals surface area contributed by atoms with Crippen LogP contribution in [0.15, 0.2) is 0 Å². The highest BCUT2D eigenvalue weighted by Gasteiger charge is 2.35. The summed E-state index contributed by atoms with van der Waals surface area (Å²) in [5.41, 5.74) is 6.87. The minimum absolute atomic E-state index is 0.372. The molecule has 3 heteroatoms. The first-order chi connectivity index (χ1) is 9.43. The van der Waals surface area contributed by atoms with Crippen LogP contribution in [0, 0.1) is 5.41 Å². The summed E-state index contributed by atoms with van der Waals surface area (Å²) in [7, 11) is 0. The summed E-state index contributed by atoms with van der Waals surface area (Å²) in [6.45, 7) is 17.5. The van der Waals surface area contributed by atoms with Crippen LogP contribution in [0.4, 0.5) is 0 Å². The zero-order chi connectivity index (χ0) is 15.2. The molecule has 1 saturated carbocycles. The summed E-state index contributed by atoms with van der Waals surface area (Å²) in [6, 6.07) is 0.955. The van der Waals surface area contributed by atoms with Gasteiger partial charge in [-0.1, -0.05) is 34.6 Å². The van der Waals surface area contributed by atoms with Crippen molar-refractivity contribution in [3.63, 3.8) is 0 Å². The monoisotopic (exact) mass is 283 g/mol. The number of hydrogen-bond donors (Lipinski definition) is 1. The van der Waals surface area contributed by atoms with Gasteiger partial charge in [-0.3, -0.25) is 4.90 Å². The van der Waals surface area contributed by atoms with Crippen molar-refractivity contribution in [1.82, 2.24) is 9.80 Å². The minimum atomic E-state index is 0.372. The summed E-state index contributed by atoms with van der Waals surface area (Å²) in [4.78, 5) is 5.15. The largest absolute Gasteiger partial charge is 0.326 e. The van der Waals surface area contributed by atoms with Gasteiger partial charge in [0.1, 0.15) is 0 Å². The van der Waals surface area contributed by atoms with Crippen molar-refractivity contribution in [3.8, 4) is 0 Å². The molecule has 2 N–H and O–H groups in total. The molecule has 1 rings (SSSR count). The molecule has 0 aliphatic heterocycles. The van der Waals surface area contributed by atoms with E-state index in [4.69, 9.17) is 5.73 Å². The third-order valence-corrected chi connectivity index (χ3v) is 5.10. The predicted octanol–water partition coefficient (Wildman–Crippen LogP) is 2.95. The van der Waals surface area contributed by atoms with Crippen LogP contribution >= 0.6 is 0 Å². The number of rotatable bonds is 8. The van der Waals surface area contributed by atoms with E-state index in [9.17, 15) is 0 Å². The molecule has 20 heavy (non-hydrogen) atoms. The summed E-state index contributed by atoms with van der Waals surface area (Å²) in [6.07, 6.45) is 4.98. The fraction of sp³-hybridized carbons (Fsp3) is 1.00. The Morgan fingerprint density at radius 2 is 1.70 bits per heavy atom. The average Bonchev–Trinajstić information content (AvgIpc) is 2.42. The first-order valence-corrected chi connectivity index (χ1v) is 8.65. The van der Waals surface area contributed by atoms with Crippen molar-refractivity contribution < 1.29 is 0 Å². The summed E-state index contributed by atoms with van der Waals surface area (Å²) < 4.78 is 0. The van der Waals surface area contributed by atoms with E-state index in [1.807, 2.05) is 0 Å². The van der Waals surface area contributed by atoms with Crippen molar-refractivity contribution >= 4 is 0 Å². The van der Waals surface area contributed by atoms with Gasteiger partial charge in [-0.15, -0.1) is 0 Å². The van der Waals surface area contributed by atoms with E-state index in [1.165, 1.54) is 51.9 Å². The fourth-order valence-corrected chi connectivity index (χ4v) is 3.56. The van der Waals surface area contributed by atoms with Crippen molar-refractivity contribution in [2.45, 2.75) is 72.4 Å². The Bertz CT molecular complexity index is 261. The van der Waals surface area contributed by atoms with E-state index in [0.717, 1.165) is 6.54 Å². The molecular weight excluding hydrogens is 246 g/mol. The van der Waals surface area contributed by atoms with Gasteiger partial charge in [0, 0.05) is 12.1 Å². The first kappa shape index (κ1) is 17.9. The molecule has 0 spiro atoms. The van der Waals surface area contributed by atoms with Crippen LogP contribution in [0.25, 0.3) is 0 Å². The Kier molecular flexibility index (Phi) is 7.49. The van der Waals surface area contributed by atoms with E-state index in [-0.39, 0.29) is 0 Å². The maximum absolute atomic E-state index is 6.41. The lowest BCUT2D eigenvalue weighted by atomic mass is 9.72. The molecule has 0 aromatic carbocycles. The Balaban J connectivity index is 2.47. The topological polar surface area (TPSA) is 32.5 Å². The number of nitrogens with two attached hydrogens (primary N) is 1. The highest BCUT2D eigenvalue weighted by molar-refractivity contribution is 4.92. The zero-order valence-corrected chi connectivity index (χ0v) is 14.5. The SMILES string of the molecule is CCN(CC)CCCN(CC)C1CC(C)(C)CCC1N. The number of hydrogen-bond acceptors (Lipinski definition) is 3. The quantitative estimate of drug-likeness (QED) is 0.743. The van der Waals surface area contributed by atoms with E-state index in [2.05, 4.69) is 44.4 Å². The Hall–Kier alpha value is -0.120. The summed E-state index contributed by atoms with van der Waals surface area (Å²) >= 11 is 0. The molecule has 3 nitrogen and oxygen atoms in total. The predicted molar refractivity (Wildman–Crippen MR) is 89.0 cm³/mol. The number of likely N-dealkylation sites (N-methyl/N-ethyl adjacent to an activating group) is 1. The number of nitrogens with zero attached hydrogens (tertiary/aromatic N) is 2. The normalized spacial score (nSPS) is 26.4. The smallest absolute Gasteiger partial charge is 0.0252 e. The van der Waals surface area contributed by atoms with Gasteiger partial charge in [0.2, 0.25) is 0 Å². The van der Waals surface area contributed by atoms with Crippen LogP contribution in [0.3, 0.4) is 0 Å². The van der Waals surface area contributed by atoms with Crippen LogP contribution in [0.1, 0.15) is 60.3 Å². The van der Waals surface area contributed by atoms with Gasteiger partial charge in [-0.2, -0.15) is 0 Å². The molecule has 0 radical (unpaired) electrons. The molecule has 0 bridgehead atoms. The Morgan fingerprint density at radius 3 is 2.25 bits per heavy atom. The van der Waals surface area contributed by atoms with Crippen LogP contribution in [0.2, 0.25) is 0 Å². The van der Waals surface area contributed by atoms with Gasteiger partial charge >= 0.3 is 0 Å². The van der Waals surface area contributed by atoms with Gasteiger partial charge < -0.3 is 10.6 Å². The van der Waals surface area contributed by atoms with Crippen LogP contribution < -0.4 is 5.73 Å². The van der Waals surface area contributed by atoms with Gasteiger partial charge in [0.25, 0.3) is 0 Å². The molecule has 1 fully saturated rings. The Labute approximate surface area is 126 Å². The summed E-state index contributed by atoms with van der Waals surface area (Å²) in [5.74, 6) is 0. The zero-order valence-electron chi connectivity index (χ0n) is 14.5. The summed E-state index contributed by atoms with van der Waals surface area (Å²) in [5, 5.41) is 0. The second-order valence-corrected chi connectivity index (χ2v) is 7.15. The minimum Gasteiger partial charge on any atom is -0.326 e. The van der Waals surface area contributed by atoms with Crippen molar-refractivity contribution in [2.75, 3.05) is 32.7 Å². The van der Waals surface area contributed by atoms with E-state index < -0.39 is 0 Å². The molecule has 1 aliphatic carbocycles. The molecule has 1 aliphatic rings. The van der Waals surface area contributed by atoms with Gasteiger partial charge in [-0.25, -0.2) is 0 Å². The van der Waals surface area contributed by atoms with E-state index >= 15 is 0 Å². The maximum Gasteiger partial charge on any atom is 0.0252 e. The highest BCUT2D eigenvalue weighted by atomic mass is 15.2. The second-order valence-electron chi connectivity index (χ2n) is 7.15. The highest BCUT2D eigenvalue weighted by Crippen LogP contribution is 2.36. The molecule has 0 aromatic heterocycles. The third-order valence-electron chi connectivity index (χ3n) is 5.10. The molecule has 0 amide bonds. The third kappa shape index (κ3) is 5.34. The molecule has 0 heterocycles. The lowest BCUT2D eigenvalue weighted by molar-refractivity contribution is 0.0782. The van der Waals surface area contributed by atoms with Crippen LogP contribution in [-0.2, 0) is 0 Å². The van der Waals surface area contributed by atoms with Gasteiger partial charge in [0.15, 0.2) is 0 Å².